The Balaban J connectivity index is 2.27. The summed E-state index contributed by atoms with van der Waals surface area (Å²) in [5, 5.41) is 4.35. The molecule has 1 aromatic heterocycles. The number of benzene rings is 1. The lowest BCUT2D eigenvalue weighted by Crippen LogP contribution is -2.02. The number of nitrogens with one attached hydrogen (secondary N) is 1. The van der Waals surface area contributed by atoms with Gasteiger partial charge in [-0.25, -0.2) is 9.97 Å². The van der Waals surface area contributed by atoms with Crippen molar-refractivity contribution in [1.82, 2.24) is 9.97 Å². The van der Waals surface area contributed by atoms with Crippen molar-refractivity contribution >= 4 is 16.7 Å². The molecule has 0 atom stereocenters. The van der Waals surface area contributed by atoms with E-state index in [9.17, 15) is 0 Å². The van der Waals surface area contributed by atoms with Crippen LogP contribution in [0, 0.1) is 0 Å². The summed E-state index contributed by atoms with van der Waals surface area (Å²) in [6.45, 7) is 4.96. The van der Waals surface area contributed by atoms with E-state index in [4.69, 9.17) is 0 Å². The molecule has 0 spiro atoms. The standard InChI is InChI=1S/C13H15N3/c1-10(2)7-8-14-13-11-5-3-4-6-12(11)15-9-16-13/h3-7,9H,8H2,1-2H3,(H,14,15,16). The van der Waals surface area contributed by atoms with Gasteiger partial charge >= 0.3 is 0 Å². The number of rotatable bonds is 3. The number of para-hydroxylation sites is 1. The van der Waals surface area contributed by atoms with E-state index in [0.717, 1.165) is 23.3 Å². The molecule has 16 heavy (non-hydrogen) atoms. The highest BCUT2D eigenvalue weighted by Gasteiger charge is 2.00. The van der Waals surface area contributed by atoms with Gasteiger partial charge in [-0.15, -0.1) is 0 Å². The molecule has 0 amide bonds. The van der Waals surface area contributed by atoms with Gasteiger partial charge in [0.05, 0.1) is 5.52 Å². The summed E-state index contributed by atoms with van der Waals surface area (Å²) < 4.78 is 0. The first-order valence-electron chi connectivity index (χ1n) is 5.34. The second-order valence-corrected chi connectivity index (χ2v) is 3.90. The van der Waals surface area contributed by atoms with Gasteiger partial charge in [-0.05, 0) is 26.0 Å². The summed E-state index contributed by atoms with van der Waals surface area (Å²) >= 11 is 0. The summed E-state index contributed by atoms with van der Waals surface area (Å²) in [5.74, 6) is 0.892. The van der Waals surface area contributed by atoms with Crippen LogP contribution in [0.5, 0.6) is 0 Å². The molecule has 1 aromatic carbocycles. The number of allylic oxidation sites excluding steroid dienone is 1. The zero-order chi connectivity index (χ0) is 11.4. The molecular weight excluding hydrogens is 198 g/mol. The third-order valence-electron chi connectivity index (χ3n) is 2.32. The number of nitrogens with zero attached hydrogens (tertiary/aromatic N) is 2. The zero-order valence-electron chi connectivity index (χ0n) is 9.57. The van der Waals surface area contributed by atoms with Crippen molar-refractivity contribution in [2.75, 3.05) is 11.9 Å². The minimum atomic E-state index is 0.795. The molecule has 0 saturated heterocycles. The van der Waals surface area contributed by atoms with Gasteiger partial charge in [0.2, 0.25) is 0 Å². The Labute approximate surface area is 95.2 Å². The predicted octanol–water partition coefficient (Wildman–Crippen LogP) is 3.01. The second kappa shape index (κ2) is 4.75. The first-order chi connectivity index (χ1) is 7.77. The maximum absolute atomic E-state index is 4.25. The highest BCUT2D eigenvalue weighted by Crippen LogP contribution is 2.17. The van der Waals surface area contributed by atoms with Gasteiger partial charge in [-0.3, -0.25) is 0 Å². The van der Waals surface area contributed by atoms with Crippen LogP contribution < -0.4 is 5.32 Å². The third kappa shape index (κ3) is 2.37. The van der Waals surface area contributed by atoms with Gasteiger partial charge in [-0.2, -0.15) is 0 Å². The minimum Gasteiger partial charge on any atom is -0.366 e. The van der Waals surface area contributed by atoms with Crippen molar-refractivity contribution in [3.63, 3.8) is 0 Å². The van der Waals surface area contributed by atoms with Gasteiger partial charge in [-0.1, -0.05) is 23.8 Å². The number of hydrogen-bond donors (Lipinski definition) is 1. The van der Waals surface area contributed by atoms with Gasteiger partial charge < -0.3 is 5.32 Å². The fraction of sp³-hybridized carbons (Fsp3) is 0.231. The number of hydrogen-bond acceptors (Lipinski definition) is 3. The Kier molecular flexibility index (Phi) is 3.15. The highest BCUT2D eigenvalue weighted by atomic mass is 15.0. The number of aromatic nitrogens is 2. The normalized spacial score (nSPS) is 10.1. The molecule has 82 valence electrons. The molecule has 0 saturated carbocycles. The van der Waals surface area contributed by atoms with Crippen LogP contribution in [0.3, 0.4) is 0 Å². The quantitative estimate of drug-likeness (QED) is 0.796. The average molecular weight is 213 g/mol. The molecule has 2 aromatic rings. The Morgan fingerprint density at radius 2 is 2.06 bits per heavy atom. The van der Waals surface area contributed by atoms with Gasteiger partial charge in [0, 0.05) is 11.9 Å². The fourth-order valence-electron chi connectivity index (χ4n) is 1.50. The molecule has 3 heteroatoms. The fourth-order valence-corrected chi connectivity index (χ4v) is 1.50. The van der Waals surface area contributed by atoms with Crippen LogP contribution in [-0.2, 0) is 0 Å². The summed E-state index contributed by atoms with van der Waals surface area (Å²) in [6.07, 6.45) is 3.73. The predicted molar refractivity (Wildman–Crippen MR) is 67.5 cm³/mol. The maximum atomic E-state index is 4.25. The molecule has 0 aliphatic heterocycles. The molecule has 1 N–H and O–H groups in total. The van der Waals surface area contributed by atoms with E-state index in [0.29, 0.717) is 0 Å². The summed E-state index contributed by atoms with van der Waals surface area (Å²) in [5.41, 5.74) is 2.27. The van der Waals surface area contributed by atoms with Crippen LogP contribution in [0.4, 0.5) is 5.82 Å². The number of anilines is 1. The molecule has 0 aliphatic rings. The van der Waals surface area contributed by atoms with Crippen molar-refractivity contribution in [2.45, 2.75) is 13.8 Å². The highest BCUT2D eigenvalue weighted by molar-refractivity contribution is 5.88. The molecule has 0 fully saturated rings. The molecular formula is C13H15N3. The Morgan fingerprint density at radius 3 is 2.88 bits per heavy atom. The van der Waals surface area contributed by atoms with E-state index in [2.05, 4.69) is 35.2 Å². The van der Waals surface area contributed by atoms with Crippen molar-refractivity contribution in [3.8, 4) is 0 Å². The molecule has 0 unspecified atom stereocenters. The van der Waals surface area contributed by atoms with E-state index < -0.39 is 0 Å². The van der Waals surface area contributed by atoms with Gasteiger partial charge in [0.15, 0.2) is 0 Å². The second-order valence-electron chi connectivity index (χ2n) is 3.90. The lowest BCUT2D eigenvalue weighted by atomic mass is 10.2. The monoisotopic (exact) mass is 213 g/mol. The first-order valence-corrected chi connectivity index (χ1v) is 5.34. The van der Waals surface area contributed by atoms with Crippen LogP contribution in [0.25, 0.3) is 10.9 Å². The maximum Gasteiger partial charge on any atom is 0.137 e. The molecule has 0 aliphatic carbocycles. The molecule has 2 rings (SSSR count). The first kappa shape index (κ1) is 10.6. The van der Waals surface area contributed by atoms with Crippen LogP contribution >= 0.6 is 0 Å². The van der Waals surface area contributed by atoms with E-state index in [1.807, 2.05) is 24.3 Å². The van der Waals surface area contributed by atoms with E-state index in [1.165, 1.54) is 5.57 Å². The molecule has 3 nitrogen and oxygen atoms in total. The summed E-state index contributed by atoms with van der Waals surface area (Å²) in [4.78, 5) is 8.47. The number of fused-ring (bicyclic) bond motifs is 1. The topological polar surface area (TPSA) is 37.8 Å². The third-order valence-corrected chi connectivity index (χ3v) is 2.32. The van der Waals surface area contributed by atoms with Gasteiger partial charge in [0.25, 0.3) is 0 Å². The molecule has 0 radical (unpaired) electrons. The van der Waals surface area contributed by atoms with Crippen LogP contribution in [0.1, 0.15) is 13.8 Å². The summed E-state index contributed by atoms with van der Waals surface area (Å²) in [6, 6.07) is 8.00. The SMILES string of the molecule is CC(C)=CCNc1ncnc2ccccc12. The Hall–Kier alpha value is -1.90. The van der Waals surface area contributed by atoms with E-state index in [-0.39, 0.29) is 0 Å². The lowest BCUT2D eigenvalue weighted by Gasteiger charge is -2.05. The zero-order valence-corrected chi connectivity index (χ0v) is 9.57. The van der Waals surface area contributed by atoms with Crippen molar-refractivity contribution < 1.29 is 0 Å². The lowest BCUT2D eigenvalue weighted by molar-refractivity contribution is 1.17. The molecule has 1 heterocycles. The largest absolute Gasteiger partial charge is 0.366 e. The van der Waals surface area contributed by atoms with Crippen LogP contribution in [-0.4, -0.2) is 16.5 Å². The minimum absolute atomic E-state index is 0.795. The molecule has 0 bridgehead atoms. The van der Waals surface area contributed by atoms with E-state index >= 15 is 0 Å². The van der Waals surface area contributed by atoms with Gasteiger partial charge in [0.1, 0.15) is 12.1 Å². The van der Waals surface area contributed by atoms with Crippen molar-refractivity contribution in [3.05, 3.63) is 42.2 Å². The van der Waals surface area contributed by atoms with Crippen molar-refractivity contribution in [2.24, 2.45) is 0 Å². The Bertz CT molecular complexity index is 508. The van der Waals surface area contributed by atoms with Crippen LogP contribution in [0.2, 0.25) is 0 Å². The smallest absolute Gasteiger partial charge is 0.137 e. The Morgan fingerprint density at radius 1 is 1.25 bits per heavy atom. The van der Waals surface area contributed by atoms with Crippen LogP contribution in [0.15, 0.2) is 42.2 Å². The van der Waals surface area contributed by atoms with Crippen molar-refractivity contribution in [1.29, 1.82) is 0 Å². The average Bonchev–Trinajstić information content (AvgIpc) is 2.29. The van der Waals surface area contributed by atoms with E-state index in [1.54, 1.807) is 6.33 Å². The summed E-state index contributed by atoms with van der Waals surface area (Å²) in [7, 11) is 0.